The second-order valence-electron chi connectivity index (χ2n) is 18.9. The smallest absolute Gasteiger partial charge is 0.137 e. The van der Waals surface area contributed by atoms with E-state index in [0.717, 1.165) is 84.3 Å². The molecule has 0 amide bonds. The summed E-state index contributed by atoms with van der Waals surface area (Å²) in [5.74, 6) is 0. The molecule has 0 aliphatic carbocycles. The topological polar surface area (TPSA) is 22.9 Å². The molecule has 0 unspecified atom stereocenters. The number of anilines is 9. The van der Waals surface area contributed by atoms with Gasteiger partial charge in [0.1, 0.15) is 11.2 Å². The molecule has 0 N–H and O–H groups in total. The average molecular weight is 978 g/mol. The molecule has 0 spiro atoms. The van der Waals surface area contributed by atoms with Crippen molar-refractivity contribution >= 4 is 115 Å². The summed E-state index contributed by atoms with van der Waals surface area (Å²) in [6, 6.07) is 103. The zero-order valence-electron chi connectivity index (χ0n) is 40.8. The van der Waals surface area contributed by atoms with Gasteiger partial charge in [-0.05, 0) is 142 Å². The lowest BCUT2D eigenvalue weighted by molar-refractivity contribution is 0.669. The van der Waals surface area contributed by atoms with Crippen LogP contribution in [0.15, 0.2) is 290 Å². The van der Waals surface area contributed by atoms with Gasteiger partial charge in [0.05, 0.1) is 11.4 Å². The quantitative estimate of drug-likeness (QED) is 0.129. The number of hydrogen-bond acceptors (Lipinski definition) is 5. The molecule has 14 aromatic rings. The molecule has 0 bridgehead atoms. The molecule has 0 saturated heterocycles. The van der Waals surface area contributed by atoms with Crippen molar-refractivity contribution in [3.05, 3.63) is 285 Å². The predicted molar refractivity (Wildman–Crippen MR) is 319 cm³/mol. The van der Waals surface area contributed by atoms with E-state index in [1.54, 1.807) is 0 Å². The van der Waals surface area contributed by atoms with Crippen LogP contribution in [0.25, 0.3) is 75.1 Å². The molecular formula is C70H47N3OS. The highest BCUT2D eigenvalue weighted by atomic mass is 32.1. The van der Waals surface area contributed by atoms with Gasteiger partial charge in [0, 0.05) is 76.8 Å². The first-order valence-corrected chi connectivity index (χ1v) is 26.2. The van der Waals surface area contributed by atoms with Crippen molar-refractivity contribution in [1.29, 1.82) is 0 Å². The van der Waals surface area contributed by atoms with Gasteiger partial charge in [0.15, 0.2) is 0 Å². The molecule has 354 valence electrons. The number of rotatable bonds is 11. The number of benzene rings is 12. The zero-order valence-corrected chi connectivity index (χ0v) is 41.6. The molecule has 0 radical (unpaired) electrons. The van der Waals surface area contributed by atoms with Crippen molar-refractivity contribution in [2.24, 2.45) is 0 Å². The molecule has 0 aliphatic rings. The number of hydrogen-bond donors (Lipinski definition) is 0. The standard InChI is InChI=1S/C70H47N3OS/c1-4-19-48(20-5-1)50-23-16-29-54(43-50)71(57-37-40-62-61-32-12-15-36-67(61)74-68(62)46-57)56-39-42-69-64(45-56)63-41-38-58(47-70(63)75-69)73(55-30-17-24-51(44-55)60-33-18-22-49-21-10-11-31-59(49)60)66-35-14-13-34-65(66)72(52-25-6-2-7-26-52)53-27-8-3-9-28-53/h1-47H. The Hall–Kier alpha value is -9.68. The van der Waals surface area contributed by atoms with E-state index < -0.39 is 0 Å². The maximum atomic E-state index is 6.50. The molecule has 14 rings (SSSR count). The fourth-order valence-electron chi connectivity index (χ4n) is 10.9. The lowest BCUT2D eigenvalue weighted by Gasteiger charge is -2.33. The predicted octanol–water partition coefficient (Wildman–Crippen LogP) is 20.9. The van der Waals surface area contributed by atoms with Crippen molar-refractivity contribution in [1.82, 2.24) is 0 Å². The second-order valence-corrected chi connectivity index (χ2v) is 20.0. The lowest BCUT2D eigenvalue weighted by atomic mass is 9.97. The van der Waals surface area contributed by atoms with E-state index in [1.807, 2.05) is 23.5 Å². The van der Waals surface area contributed by atoms with Crippen LogP contribution in [-0.2, 0) is 0 Å². The molecule has 0 saturated carbocycles. The number of para-hydroxylation sites is 5. The van der Waals surface area contributed by atoms with Crippen LogP contribution in [-0.4, -0.2) is 0 Å². The summed E-state index contributed by atoms with van der Waals surface area (Å²) in [5, 5.41) is 7.08. The van der Waals surface area contributed by atoms with E-state index in [9.17, 15) is 0 Å². The van der Waals surface area contributed by atoms with Crippen LogP contribution in [0.1, 0.15) is 0 Å². The van der Waals surface area contributed by atoms with Gasteiger partial charge in [-0.1, -0.05) is 170 Å². The minimum atomic E-state index is 0.858. The van der Waals surface area contributed by atoms with Crippen LogP contribution in [0.4, 0.5) is 51.2 Å². The van der Waals surface area contributed by atoms with Gasteiger partial charge >= 0.3 is 0 Å². The van der Waals surface area contributed by atoms with Gasteiger partial charge in [-0.2, -0.15) is 0 Å². The minimum Gasteiger partial charge on any atom is -0.456 e. The number of nitrogens with zero attached hydrogens (tertiary/aromatic N) is 3. The number of fused-ring (bicyclic) bond motifs is 7. The third-order valence-electron chi connectivity index (χ3n) is 14.4. The number of furan rings is 1. The summed E-state index contributed by atoms with van der Waals surface area (Å²) >= 11 is 1.83. The van der Waals surface area contributed by atoms with E-state index in [0.29, 0.717) is 0 Å². The summed E-state index contributed by atoms with van der Waals surface area (Å²) in [5.41, 5.74) is 16.0. The van der Waals surface area contributed by atoms with E-state index >= 15 is 0 Å². The average Bonchev–Trinajstić information content (AvgIpc) is 4.05. The molecular weight excluding hydrogens is 931 g/mol. The number of thiophene rings is 1. The SMILES string of the molecule is c1ccc(-c2cccc(N(c3ccc4c(c3)oc3ccccc34)c3ccc4sc5cc(N(c6cccc(-c7cccc8ccccc78)c6)c6ccccc6N(c6ccccc6)c6ccccc6)ccc5c4c3)c2)cc1. The highest BCUT2D eigenvalue weighted by molar-refractivity contribution is 7.25. The van der Waals surface area contributed by atoms with Crippen LogP contribution >= 0.6 is 11.3 Å². The third kappa shape index (κ3) is 8.04. The van der Waals surface area contributed by atoms with Gasteiger partial charge in [0.25, 0.3) is 0 Å². The van der Waals surface area contributed by atoms with Crippen LogP contribution in [0.2, 0.25) is 0 Å². The van der Waals surface area contributed by atoms with Crippen molar-refractivity contribution in [3.8, 4) is 22.3 Å². The van der Waals surface area contributed by atoms with E-state index in [2.05, 4.69) is 288 Å². The Kier molecular flexibility index (Phi) is 11.0. The second kappa shape index (κ2) is 18.7. The van der Waals surface area contributed by atoms with E-state index in [1.165, 1.54) is 42.1 Å². The highest BCUT2D eigenvalue weighted by Crippen LogP contribution is 2.49. The van der Waals surface area contributed by atoms with E-state index in [-0.39, 0.29) is 0 Å². The molecule has 75 heavy (non-hydrogen) atoms. The van der Waals surface area contributed by atoms with Gasteiger partial charge in [0.2, 0.25) is 0 Å². The summed E-state index contributed by atoms with van der Waals surface area (Å²) in [6.07, 6.45) is 0. The minimum absolute atomic E-state index is 0.858. The monoisotopic (exact) mass is 977 g/mol. The van der Waals surface area contributed by atoms with Crippen molar-refractivity contribution in [2.45, 2.75) is 0 Å². The Morgan fingerprint density at radius 3 is 1.51 bits per heavy atom. The fraction of sp³-hybridized carbons (Fsp3) is 0. The molecule has 12 aromatic carbocycles. The van der Waals surface area contributed by atoms with Crippen LogP contribution in [0, 0.1) is 0 Å². The maximum absolute atomic E-state index is 6.50. The Labute approximate surface area is 439 Å². The maximum Gasteiger partial charge on any atom is 0.137 e. The molecule has 2 heterocycles. The molecule has 5 heteroatoms. The molecule has 0 fully saturated rings. The third-order valence-corrected chi connectivity index (χ3v) is 15.5. The van der Waals surface area contributed by atoms with Crippen LogP contribution in [0.5, 0.6) is 0 Å². The van der Waals surface area contributed by atoms with Crippen molar-refractivity contribution in [2.75, 3.05) is 14.7 Å². The normalized spacial score (nSPS) is 11.5. The summed E-state index contributed by atoms with van der Waals surface area (Å²) < 4.78 is 8.93. The lowest BCUT2D eigenvalue weighted by Crippen LogP contribution is -2.16. The Bertz CT molecular complexity index is 4350. The van der Waals surface area contributed by atoms with Crippen LogP contribution < -0.4 is 14.7 Å². The fourth-order valence-corrected chi connectivity index (χ4v) is 12.0. The Morgan fingerprint density at radius 1 is 0.253 bits per heavy atom. The summed E-state index contributed by atoms with van der Waals surface area (Å²) in [6.45, 7) is 0. The van der Waals surface area contributed by atoms with Gasteiger partial charge in [-0.3, -0.25) is 0 Å². The van der Waals surface area contributed by atoms with Crippen molar-refractivity contribution in [3.63, 3.8) is 0 Å². The molecule has 2 aromatic heterocycles. The Morgan fingerprint density at radius 2 is 0.747 bits per heavy atom. The first-order valence-electron chi connectivity index (χ1n) is 25.4. The first-order chi connectivity index (χ1) is 37.2. The first kappa shape index (κ1) is 44.1. The van der Waals surface area contributed by atoms with Gasteiger partial charge in [-0.25, -0.2) is 0 Å². The van der Waals surface area contributed by atoms with Gasteiger partial charge < -0.3 is 19.1 Å². The van der Waals surface area contributed by atoms with Gasteiger partial charge in [-0.15, -0.1) is 11.3 Å². The summed E-state index contributed by atoms with van der Waals surface area (Å²) in [4.78, 5) is 7.17. The molecule has 4 nitrogen and oxygen atoms in total. The zero-order chi connectivity index (χ0) is 49.7. The van der Waals surface area contributed by atoms with E-state index in [4.69, 9.17) is 4.42 Å². The Balaban J connectivity index is 0.937. The largest absolute Gasteiger partial charge is 0.456 e. The van der Waals surface area contributed by atoms with Crippen molar-refractivity contribution < 1.29 is 4.42 Å². The molecule has 0 aliphatic heterocycles. The van der Waals surface area contributed by atoms with Crippen LogP contribution in [0.3, 0.4) is 0 Å². The highest BCUT2D eigenvalue weighted by Gasteiger charge is 2.24. The molecule has 0 atom stereocenters. The summed E-state index contributed by atoms with van der Waals surface area (Å²) in [7, 11) is 0.